The van der Waals surface area contributed by atoms with E-state index in [9.17, 15) is 29.6 Å². The van der Waals surface area contributed by atoms with Crippen LogP contribution in [0.4, 0.5) is 10.5 Å². The molecule has 0 aliphatic rings. The number of nitrogens with one attached hydrogen (secondary N) is 4. The number of ether oxygens (including phenoxy) is 1. The van der Waals surface area contributed by atoms with Crippen molar-refractivity contribution in [3.05, 3.63) is 94.1 Å². The average molecular weight is 581 g/mol. The lowest BCUT2D eigenvalue weighted by Gasteiger charge is -2.25. The molecule has 0 aliphatic carbocycles. The van der Waals surface area contributed by atoms with Crippen LogP contribution in [-0.4, -0.2) is 62.6 Å². The van der Waals surface area contributed by atoms with Crippen molar-refractivity contribution in [1.82, 2.24) is 25.9 Å². The zero-order chi connectivity index (χ0) is 30.5. The Hall–Kier alpha value is -4.78. The van der Waals surface area contributed by atoms with Gasteiger partial charge in [0.1, 0.15) is 18.7 Å². The summed E-state index contributed by atoms with van der Waals surface area (Å²) >= 11 is 0. The lowest BCUT2D eigenvalue weighted by atomic mass is 10.0. The van der Waals surface area contributed by atoms with E-state index < -0.39 is 41.0 Å². The maximum atomic E-state index is 13.6. The van der Waals surface area contributed by atoms with Crippen LogP contribution < -0.4 is 16.0 Å². The van der Waals surface area contributed by atoms with Gasteiger partial charge in [0.05, 0.1) is 23.9 Å². The van der Waals surface area contributed by atoms with Gasteiger partial charge in [-0.3, -0.25) is 19.7 Å². The minimum Gasteiger partial charge on any atom is -0.445 e. The Morgan fingerprint density at radius 2 is 1.62 bits per heavy atom. The van der Waals surface area contributed by atoms with Crippen molar-refractivity contribution in [3.8, 4) is 0 Å². The molecule has 3 atom stereocenters. The highest BCUT2D eigenvalue weighted by Gasteiger charge is 2.29. The van der Waals surface area contributed by atoms with Crippen LogP contribution in [0.1, 0.15) is 37.1 Å². The van der Waals surface area contributed by atoms with Crippen LogP contribution in [0.3, 0.4) is 0 Å². The Kier molecular flexibility index (Phi) is 12.0. The van der Waals surface area contributed by atoms with E-state index >= 15 is 0 Å². The van der Waals surface area contributed by atoms with Gasteiger partial charge < -0.3 is 30.8 Å². The normalized spacial score (nSPS) is 13.0. The van der Waals surface area contributed by atoms with E-state index in [2.05, 4.69) is 25.9 Å². The number of aromatic nitrogens is 2. The van der Waals surface area contributed by atoms with Crippen LogP contribution in [0.5, 0.6) is 0 Å². The topological polar surface area (TPSA) is 189 Å². The van der Waals surface area contributed by atoms with Gasteiger partial charge in [0, 0.05) is 36.9 Å². The molecule has 0 saturated heterocycles. The first kappa shape index (κ1) is 31.7. The molecule has 0 bridgehead atoms. The number of aliphatic hydroxyl groups excluding tert-OH is 1. The number of imidazole rings is 1. The molecule has 0 spiro atoms. The highest BCUT2D eigenvalue weighted by atomic mass is 16.6. The zero-order valence-electron chi connectivity index (χ0n) is 23.5. The smallest absolute Gasteiger partial charge is 0.408 e. The molecular weight excluding hydrogens is 544 g/mol. The number of non-ortho nitro benzene ring substituents is 1. The van der Waals surface area contributed by atoms with E-state index in [0.717, 1.165) is 5.56 Å². The quantitative estimate of drug-likeness (QED) is 0.134. The van der Waals surface area contributed by atoms with Gasteiger partial charge in [-0.15, -0.1) is 0 Å². The molecule has 13 heteroatoms. The molecule has 1 heterocycles. The molecule has 0 aliphatic heterocycles. The van der Waals surface area contributed by atoms with E-state index in [0.29, 0.717) is 17.7 Å². The van der Waals surface area contributed by atoms with Gasteiger partial charge in [0.15, 0.2) is 0 Å². The van der Waals surface area contributed by atoms with E-state index in [1.54, 1.807) is 24.3 Å². The predicted molar refractivity (Wildman–Crippen MR) is 153 cm³/mol. The highest BCUT2D eigenvalue weighted by molar-refractivity contribution is 5.91. The number of carbonyl (C=O) groups is 3. The van der Waals surface area contributed by atoms with Crippen molar-refractivity contribution in [2.24, 2.45) is 5.92 Å². The molecule has 224 valence electrons. The van der Waals surface area contributed by atoms with Crippen molar-refractivity contribution >= 4 is 23.6 Å². The summed E-state index contributed by atoms with van der Waals surface area (Å²) in [4.78, 5) is 56.9. The average Bonchev–Trinajstić information content (AvgIpc) is 3.48. The molecule has 1 aromatic heterocycles. The molecule has 3 rings (SSSR count). The number of rotatable bonds is 15. The molecule has 0 radical (unpaired) electrons. The monoisotopic (exact) mass is 580 g/mol. The van der Waals surface area contributed by atoms with E-state index in [4.69, 9.17) is 4.74 Å². The Morgan fingerprint density at radius 1 is 0.952 bits per heavy atom. The number of nitro benzene ring substituents is 1. The minimum absolute atomic E-state index is 0.0260. The number of benzene rings is 2. The van der Waals surface area contributed by atoms with E-state index in [1.807, 2.05) is 19.9 Å². The molecule has 2 aromatic carbocycles. The van der Waals surface area contributed by atoms with Crippen molar-refractivity contribution in [2.75, 3.05) is 6.61 Å². The fraction of sp³-hybridized carbons (Fsp3) is 0.379. The van der Waals surface area contributed by atoms with Gasteiger partial charge in [-0.25, -0.2) is 9.78 Å². The third-order valence-corrected chi connectivity index (χ3v) is 6.34. The summed E-state index contributed by atoms with van der Waals surface area (Å²) in [7, 11) is 0. The maximum Gasteiger partial charge on any atom is 0.408 e. The summed E-state index contributed by atoms with van der Waals surface area (Å²) in [6.07, 6.45) is 2.69. The second kappa shape index (κ2) is 15.9. The minimum atomic E-state index is -1.18. The molecule has 3 amide bonds. The first-order valence-electron chi connectivity index (χ1n) is 13.5. The summed E-state index contributed by atoms with van der Waals surface area (Å²) in [5.41, 5.74) is 1.75. The van der Waals surface area contributed by atoms with Gasteiger partial charge >= 0.3 is 6.09 Å². The predicted octanol–water partition coefficient (Wildman–Crippen LogP) is 2.41. The highest BCUT2D eigenvalue weighted by Crippen LogP contribution is 2.14. The summed E-state index contributed by atoms with van der Waals surface area (Å²) in [6.45, 7) is 3.63. The molecule has 0 saturated carbocycles. The Balaban J connectivity index is 1.78. The number of alkyl carbamates (subject to hydrolysis) is 1. The van der Waals surface area contributed by atoms with Crippen LogP contribution in [0, 0.1) is 16.0 Å². The third-order valence-electron chi connectivity index (χ3n) is 6.34. The second-order valence-electron chi connectivity index (χ2n) is 10.2. The van der Waals surface area contributed by atoms with E-state index in [-0.39, 0.29) is 37.7 Å². The van der Waals surface area contributed by atoms with Crippen LogP contribution in [-0.2, 0) is 33.8 Å². The molecule has 3 aromatic rings. The summed E-state index contributed by atoms with van der Waals surface area (Å²) in [5, 5.41) is 28.9. The molecule has 13 nitrogen and oxygen atoms in total. The first-order chi connectivity index (χ1) is 20.1. The lowest BCUT2D eigenvalue weighted by molar-refractivity contribution is -0.384. The summed E-state index contributed by atoms with van der Waals surface area (Å²) < 4.78 is 5.30. The van der Waals surface area contributed by atoms with Crippen LogP contribution in [0.15, 0.2) is 67.1 Å². The number of hydrogen-bond acceptors (Lipinski definition) is 8. The molecular formula is C29H36N6O7. The summed E-state index contributed by atoms with van der Waals surface area (Å²) in [5.74, 6) is -0.979. The number of nitrogens with zero attached hydrogens (tertiary/aromatic N) is 2. The fourth-order valence-electron chi connectivity index (χ4n) is 4.25. The van der Waals surface area contributed by atoms with E-state index in [1.165, 1.54) is 36.8 Å². The number of carbonyl (C=O) groups excluding carboxylic acids is 3. The number of aliphatic hydroxyl groups is 1. The second-order valence-corrected chi connectivity index (χ2v) is 10.2. The van der Waals surface area contributed by atoms with Gasteiger partial charge in [-0.1, -0.05) is 56.3 Å². The van der Waals surface area contributed by atoms with Crippen molar-refractivity contribution < 1.29 is 29.2 Å². The number of hydrogen-bond donors (Lipinski definition) is 5. The molecule has 5 N–H and O–H groups in total. The summed E-state index contributed by atoms with van der Waals surface area (Å²) in [6, 6.07) is 11.8. The molecule has 42 heavy (non-hydrogen) atoms. The van der Waals surface area contributed by atoms with Gasteiger partial charge in [-0.05, 0) is 23.5 Å². The number of aromatic amines is 1. The van der Waals surface area contributed by atoms with Crippen molar-refractivity contribution in [3.63, 3.8) is 0 Å². The number of nitro groups is 1. The van der Waals surface area contributed by atoms with Crippen LogP contribution in [0.25, 0.3) is 0 Å². The Bertz CT molecular complexity index is 1300. The van der Waals surface area contributed by atoms with Gasteiger partial charge in [0.2, 0.25) is 11.8 Å². The SMILES string of the molecule is CC(C)C[C@@H](CO)NC(=O)[C@H](Cc1cnc[nH]1)NC(=O)[C@H](Cc1ccc([N+](=O)[O-])cc1)NC(=O)OCc1ccccc1. The molecule has 0 unspecified atom stereocenters. The Labute approximate surface area is 243 Å². The number of H-pyrrole nitrogens is 1. The van der Waals surface area contributed by atoms with Crippen molar-refractivity contribution in [1.29, 1.82) is 0 Å². The maximum absolute atomic E-state index is 13.6. The lowest BCUT2D eigenvalue weighted by Crippen LogP contribution is -2.56. The fourth-order valence-corrected chi connectivity index (χ4v) is 4.25. The zero-order valence-corrected chi connectivity index (χ0v) is 23.5. The van der Waals surface area contributed by atoms with Crippen molar-refractivity contribution in [2.45, 2.75) is 57.8 Å². The number of amides is 3. The first-order valence-corrected chi connectivity index (χ1v) is 13.5. The standard InChI is InChI=1S/C29H36N6O7/c1-19(2)12-23(16-36)32-27(37)26(14-22-15-30-18-31-22)33-28(38)25(13-20-8-10-24(11-9-20)35(40)41)34-29(39)42-17-21-6-4-3-5-7-21/h3-11,15,18-19,23,25-26,36H,12-14,16-17H2,1-2H3,(H,30,31)(H,32,37)(H,33,38)(H,34,39)/t23-,25-,26-/m0/s1. The van der Waals surface area contributed by atoms with Crippen LogP contribution >= 0.6 is 0 Å². The van der Waals surface area contributed by atoms with Gasteiger partial charge in [-0.2, -0.15) is 0 Å². The third kappa shape index (κ3) is 10.3. The Morgan fingerprint density at radius 3 is 2.21 bits per heavy atom. The van der Waals surface area contributed by atoms with Crippen LogP contribution in [0.2, 0.25) is 0 Å². The molecule has 0 fully saturated rings. The largest absolute Gasteiger partial charge is 0.445 e. The van der Waals surface area contributed by atoms with Gasteiger partial charge in [0.25, 0.3) is 5.69 Å².